The Kier molecular flexibility index (Phi) is 4.29. The van der Waals surface area contributed by atoms with Gasteiger partial charge >= 0.3 is 0 Å². The van der Waals surface area contributed by atoms with Crippen LogP contribution < -0.4 is 10.1 Å². The summed E-state index contributed by atoms with van der Waals surface area (Å²) >= 11 is 5.67. The molecule has 1 aliphatic carbocycles. The van der Waals surface area contributed by atoms with Gasteiger partial charge < -0.3 is 10.1 Å². The van der Waals surface area contributed by atoms with Crippen LogP contribution in [0.1, 0.15) is 17.5 Å². The van der Waals surface area contributed by atoms with Crippen LogP contribution >= 0.6 is 11.6 Å². The molecule has 2 aromatic rings. The fourth-order valence-electron chi connectivity index (χ4n) is 2.57. The minimum absolute atomic E-state index is 0.0302. The number of nitrogens with one attached hydrogen (secondary N) is 1. The average Bonchev–Trinajstić information content (AvgIpc) is 2.97. The van der Waals surface area contributed by atoms with Gasteiger partial charge in [0, 0.05) is 0 Å². The highest BCUT2D eigenvalue weighted by molar-refractivity contribution is 6.31. The van der Waals surface area contributed by atoms with Crippen LogP contribution in [0.25, 0.3) is 0 Å². The standard InChI is InChI=1S/C17H15ClFNO2/c18-14-5-2-6-15(17(14)19)20-16(21)10-22-13-8-7-11-3-1-4-12(11)9-13/h2,5-9H,1,3-4,10H2,(H,20,21). The van der Waals surface area contributed by atoms with Gasteiger partial charge in [-0.25, -0.2) is 4.39 Å². The van der Waals surface area contributed by atoms with Crippen molar-refractivity contribution in [1.82, 2.24) is 0 Å². The van der Waals surface area contributed by atoms with Crippen LogP contribution in [0.4, 0.5) is 10.1 Å². The molecular weight excluding hydrogens is 305 g/mol. The van der Waals surface area contributed by atoms with Gasteiger partial charge in [-0.1, -0.05) is 23.7 Å². The number of benzene rings is 2. The predicted octanol–water partition coefficient (Wildman–Crippen LogP) is 3.99. The Morgan fingerprint density at radius 2 is 2.05 bits per heavy atom. The van der Waals surface area contributed by atoms with Gasteiger partial charge in [-0.15, -0.1) is 0 Å². The molecule has 22 heavy (non-hydrogen) atoms. The number of hydrogen-bond donors (Lipinski definition) is 1. The molecule has 0 radical (unpaired) electrons. The van der Waals surface area contributed by atoms with Gasteiger partial charge in [0.05, 0.1) is 10.7 Å². The lowest BCUT2D eigenvalue weighted by molar-refractivity contribution is -0.118. The van der Waals surface area contributed by atoms with E-state index in [1.165, 1.54) is 23.3 Å². The molecule has 0 bridgehead atoms. The first kappa shape index (κ1) is 14.9. The number of ether oxygens (including phenoxy) is 1. The number of carbonyl (C=O) groups excluding carboxylic acids is 1. The average molecular weight is 320 g/mol. The molecule has 0 atom stereocenters. The summed E-state index contributed by atoms with van der Waals surface area (Å²) in [6.45, 7) is -0.176. The largest absolute Gasteiger partial charge is 0.484 e. The Morgan fingerprint density at radius 1 is 1.23 bits per heavy atom. The van der Waals surface area contributed by atoms with Crippen molar-refractivity contribution in [2.45, 2.75) is 19.3 Å². The third-order valence-corrected chi connectivity index (χ3v) is 3.96. The van der Waals surface area contributed by atoms with E-state index < -0.39 is 11.7 Å². The molecule has 3 rings (SSSR count). The van der Waals surface area contributed by atoms with Gasteiger partial charge in [-0.2, -0.15) is 0 Å². The first-order chi connectivity index (χ1) is 10.6. The number of halogens is 2. The summed E-state index contributed by atoms with van der Waals surface area (Å²) in [5.41, 5.74) is 2.67. The van der Waals surface area contributed by atoms with E-state index in [9.17, 15) is 9.18 Å². The van der Waals surface area contributed by atoms with Crippen LogP contribution in [0.5, 0.6) is 5.75 Å². The van der Waals surface area contributed by atoms with Gasteiger partial charge in [-0.3, -0.25) is 4.79 Å². The van der Waals surface area contributed by atoms with E-state index in [0.717, 1.165) is 19.3 Å². The lowest BCUT2D eigenvalue weighted by atomic mass is 10.1. The Bertz CT molecular complexity index is 718. The molecule has 0 heterocycles. The number of anilines is 1. The summed E-state index contributed by atoms with van der Waals surface area (Å²) in [6.07, 6.45) is 3.31. The normalized spacial score (nSPS) is 12.8. The van der Waals surface area contributed by atoms with E-state index in [2.05, 4.69) is 5.32 Å². The predicted molar refractivity (Wildman–Crippen MR) is 84.0 cm³/mol. The maximum Gasteiger partial charge on any atom is 0.262 e. The highest BCUT2D eigenvalue weighted by Crippen LogP contribution is 2.26. The number of amides is 1. The van der Waals surface area contributed by atoms with Crippen LogP contribution in [-0.2, 0) is 17.6 Å². The Morgan fingerprint density at radius 3 is 2.91 bits per heavy atom. The van der Waals surface area contributed by atoms with Gasteiger partial charge in [0.15, 0.2) is 12.4 Å². The van der Waals surface area contributed by atoms with Crippen molar-refractivity contribution < 1.29 is 13.9 Å². The van der Waals surface area contributed by atoms with Crippen molar-refractivity contribution in [2.24, 2.45) is 0 Å². The maximum absolute atomic E-state index is 13.7. The smallest absolute Gasteiger partial charge is 0.262 e. The van der Waals surface area contributed by atoms with E-state index in [1.807, 2.05) is 18.2 Å². The van der Waals surface area contributed by atoms with Crippen molar-refractivity contribution in [3.8, 4) is 5.75 Å². The van der Waals surface area contributed by atoms with Crippen LogP contribution in [-0.4, -0.2) is 12.5 Å². The van der Waals surface area contributed by atoms with Gasteiger partial charge in [0.25, 0.3) is 5.91 Å². The number of fused-ring (bicyclic) bond motifs is 1. The van der Waals surface area contributed by atoms with Gasteiger partial charge in [0.2, 0.25) is 0 Å². The molecule has 114 valence electrons. The molecule has 0 spiro atoms. The zero-order valence-electron chi connectivity index (χ0n) is 11.9. The first-order valence-electron chi connectivity index (χ1n) is 7.12. The molecule has 0 fully saturated rings. The molecule has 0 aliphatic heterocycles. The summed E-state index contributed by atoms with van der Waals surface area (Å²) in [4.78, 5) is 11.8. The second kappa shape index (κ2) is 6.36. The Balaban J connectivity index is 1.59. The van der Waals surface area contributed by atoms with Crippen molar-refractivity contribution >= 4 is 23.2 Å². The molecule has 0 unspecified atom stereocenters. The maximum atomic E-state index is 13.7. The summed E-state index contributed by atoms with van der Waals surface area (Å²) in [6, 6.07) is 10.3. The molecule has 1 amide bonds. The monoisotopic (exact) mass is 319 g/mol. The highest BCUT2D eigenvalue weighted by Gasteiger charge is 2.13. The van der Waals surface area contributed by atoms with Crippen molar-refractivity contribution in [2.75, 3.05) is 11.9 Å². The second-order valence-electron chi connectivity index (χ2n) is 5.22. The third-order valence-electron chi connectivity index (χ3n) is 3.67. The first-order valence-corrected chi connectivity index (χ1v) is 7.50. The van der Waals surface area contributed by atoms with Gasteiger partial charge in [0.1, 0.15) is 5.75 Å². The zero-order chi connectivity index (χ0) is 15.5. The minimum atomic E-state index is -0.643. The molecule has 0 saturated heterocycles. The molecule has 0 saturated carbocycles. The Hall–Kier alpha value is -2.07. The van der Waals surface area contributed by atoms with E-state index in [4.69, 9.17) is 16.3 Å². The van der Waals surface area contributed by atoms with Crippen molar-refractivity contribution in [3.63, 3.8) is 0 Å². The number of hydrogen-bond acceptors (Lipinski definition) is 2. The fourth-order valence-corrected chi connectivity index (χ4v) is 2.75. The SMILES string of the molecule is O=C(COc1ccc2c(c1)CCC2)Nc1cccc(Cl)c1F. The third kappa shape index (κ3) is 3.22. The molecule has 1 aliphatic rings. The minimum Gasteiger partial charge on any atom is -0.484 e. The molecule has 2 aromatic carbocycles. The lowest BCUT2D eigenvalue weighted by Crippen LogP contribution is -2.20. The lowest BCUT2D eigenvalue weighted by Gasteiger charge is -2.10. The second-order valence-corrected chi connectivity index (χ2v) is 5.63. The molecule has 3 nitrogen and oxygen atoms in total. The van der Waals surface area contributed by atoms with Crippen molar-refractivity contribution in [1.29, 1.82) is 0 Å². The van der Waals surface area contributed by atoms with Crippen LogP contribution in [0.3, 0.4) is 0 Å². The van der Waals surface area contributed by atoms with Crippen molar-refractivity contribution in [3.05, 3.63) is 58.4 Å². The highest BCUT2D eigenvalue weighted by atomic mass is 35.5. The number of carbonyl (C=O) groups is 1. The topological polar surface area (TPSA) is 38.3 Å². The summed E-state index contributed by atoms with van der Waals surface area (Å²) < 4.78 is 19.2. The summed E-state index contributed by atoms with van der Waals surface area (Å²) in [7, 11) is 0. The zero-order valence-corrected chi connectivity index (χ0v) is 12.6. The molecular formula is C17H15ClFNO2. The van der Waals surface area contributed by atoms with Crippen LogP contribution in [0.15, 0.2) is 36.4 Å². The van der Waals surface area contributed by atoms with E-state index >= 15 is 0 Å². The van der Waals surface area contributed by atoms with E-state index in [-0.39, 0.29) is 17.3 Å². The summed E-state index contributed by atoms with van der Waals surface area (Å²) in [5.74, 6) is -0.418. The molecule has 5 heteroatoms. The summed E-state index contributed by atoms with van der Waals surface area (Å²) in [5, 5.41) is 2.42. The van der Waals surface area contributed by atoms with E-state index in [1.54, 1.807) is 6.07 Å². The van der Waals surface area contributed by atoms with Crippen LogP contribution in [0, 0.1) is 5.82 Å². The molecule has 0 aromatic heterocycles. The number of aryl methyl sites for hydroxylation is 2. The Labute approximate surface area is 133 Å². The van der Waals surface area contributed by atoms with Gasteiger partial charge in [-0.05, 0) is 54.7 Å². The fraction of sp³-hybridized carbons (Fsp3) is 0.235. The number of rotatable bonds is 4. The quantitative estimate of drug-likeness (QED) is 0.925. The molecule has 1 N–H and O–H groups in total. The van der Waals surface area contributed by atoms with E-state index in [0.29, 0.717) is 5.75 Å². The van der Waals surface area contributed by atoms with Crippen LogP contribution in [0.2, 0.25) is 5.02 Å².